The monoisotopic (exact) mass is 382 g/mol. The van der Waals surface area contributed by atoms with Gasteiger partial charge in [0.25, 0.3) is 0 Å². The smallest absolute Gasteiger partial charge is 0.219 e. The molecule has 0 N–H and O–H groups in total. The molecule has 0 radical (unpaired) electrons. The fraction of sp³-hybridized carbons (Fsp3) is 0.370. The van der Waals surface area contributed by atoms with Gasteiger partial charge in [0.05, 0.1) is 5.56 Å². The van der Waals surface area contributed by atoms with Crippen LogP contribution in [0.2, 0.25) is 0 Å². The fourth-order valence-electron chi connectivity index (χ4n) is 6.26. The maximum absolute atomic E-state index is 6.47. The van der Waals surface area contributed by atoms with Crippen molar-refractivity contribution in [3.63, 3.8) is 0 Å². The number of fused-ring (bicyclic) bond motifs is 4. The zero-order chi connectivity index (χ0) is 19.8. The van der Waals surface area contributed by atoms with Crippen molar-refractivity contribution in [1.29, 1.82) is 0 Å². The first-order chi connectivity index (χ1) is 14.1. The number of hydrogen-bond donors (Lipinski definition) is 0. The Bertz CT molecular complexity index is 1290. The third-order valence-corrected chi connectivity index (χ3v) is 7.63. The predicted molar refractivity (Wildman–Crippen MR) is 118 cm³/mol. The molecule has 2 nitrogen and oxygen atoms in total. The summed E-state index contributed by atoms with van der Waals surface area (Å²) in [5.41, 5.74) is 11.1. The third-order valence-electron chi connectivity index (χ3n) is 7.63. The van der Waals surface area contributed by atoms with E-state index in [4.69, 9.17) is 4.42 Å². The summed E-state index contributed by atoms with van der Waals surface area (Å²) < 4.78 is 8.83. The minimum absolute atomic E-state index is 0.506. The van der Waals surface area contributed by atoms with Gasteiger partial charge in [-0.3, -0.25) is 0 Å². The second-order valence-corrected chi connectivity index (χ2v) is 9.52. The van der Waals surface area contributed by atoms with E-state index in [2.05, 4.69) is 68.1 Å². The number of para-hydroxylation sites is 1. The van der Waals surface area contributed by atoms with Crippen molar-refractivity contribution in [2.75, 3.05) is 0 Å². The number of benzene rings is 2. The number of furan rings is 1. The molecule has 0 atom stereocenters. The van der Waals surface area contributed by atoms with E-state index in [1.807, 2.05) is 0 Å². The van der Waals surface area contributed by atoms with Gasteiger partial charge < -0.3 is 4.42 Å². The van der Waals surface area contributed by atoms with E-state index in [9.17, 15) is 0 Å². The molecule has 6 rings (SSSR count). The largest absolute Gasteiger partial charge is 0.455 e. The number of rotatable bonds is 1. The molecule has 29 heavy (non-hydrogen) atoms. The summed E-state index contributed by atoms with van der Waals surface area (Å²) in [6.45, 7) is 4.53. The molecule has 2 heterocycles. The maximum atomic E-state index is 6.47. The number of aromatic nitrogens is 1. The molecule has 2 aliphatic rings. The lowest BCUT2D eigenvalue weighted by Crippen LogP contribution is -2.33. The highest BCUT2D eigenvalue weighted by Crippen LogP contribution is 2.51. The number of nitrogens with zero attached hydrogens (tertiary/aromatic N) is 1. The first kappa shape index (κ1) is 17.3. The van der Waals surface area contributed by atoms with E-state index in [1.165, 1.54) is 71.7 Å². The van der Waals surface area contributed by atoms with Gasteiger partial charge >= 0.3 is 0 Å². The summed E-state index contributed by atoms with van der Waals surface area (Å²) in [6, 6.07) is 12.9. The van der Waals surface area contributed by atoms with E-state index < -0.39 is 0 Å². The normalized spacial score (nSPS) is 17.6. The molecule has 0 amide bonds. The molecular weight excluding hydrogens is 354 g/mol. The van der Waals surface area contributed by atoms with Crippen molar-refractivity contribution in [2.24, 2.45) is 12.5 Å². The van der Waals surface area contributed by atoms with Gasteiger partial charge in [0.15, 0.2) is 6.20 Å². The molecule has 2 aromatic carbocycles. The maximum Gasteiger partial charge on any atom is 0.219 e. The summed E-state index contributed by atoms with van der Waals surface area (Å²) >= 11 is 0. The molecule has 1 spiro atoms. The lowest BCUT2D eigenvalue weighted by Gasteiger charge is -2.21. The van der Waals surface area contributed by atoms with Crippen molar-refractivity contribution in [2.45, 2.75) is 52.4 Å². The van der Waals surface area contributed by atoms with Crippen molar-refractivity contribution in [3.05, 3.63) is 64.8 Å². The summed E-state index contributed by atoms with van der Waals surface area (Å²) in [4.78, 5) is 0. The third kappa shape index (κ3) is 2.38. The van der Waals surface area contributed by atoms with Crippen molar-refractivity contribution < 1.29 is 8.98 Å². The second-order valence-electron chi connectivity index (χ2n) is 9.52. The molecule has 0 unspecified atom stereocenters. The van der Waals surface area contributed by atoms with Crippen LogP contribution in [-0.2, 0) is 19.9 Å². The number of hydrogen-bond acceptors (Lipinski definition) is 1. The van der Waals surface area contributed by atoms with Crippen molar-refractivity contribution >= 4 is 21.9 Å². The SMILES string of the molecule is Cc1c[n+](C)c(-c2c(C)ccc3c2oc2ccccc23)c2c1CC1(CCCC1)C2. The minimum atomic E-state index is 0.506. The van der Waals surface area contributed by atoms with Crippen LogP contribution in [0, 0.1) is 19.3 Å². The first-order valence-corrected chi connectivity index (χ1v) is 11.0. The van der Waals surface area contributed by atoms with E-state index in [0.717, 1.165) is 11.2 Å². The Morgan fingerprint density at radius 1 is 0.862 bits per heavy atom. The summed E-state index contributed by atoms with van der Waals surface area (Å²) in [5, 5.41) is 2.44. The van der Waals surface area contributed by atoms with Gasteiger partial charge in [0, 0.05) is 21.9 Å². The number of pyridine rings is 1. The molecule has 2 aromatic heterocycles. The van der Waals surface area contributed by atoms with E-state index in [1.54, 1.807) is 11.1 Å². The van der Waals surface area contributed by atoms with Gasteiger partial charge in [-0.2, -0.15) is 0 Å². The van der Waals surface area contributed by atoms with Crippen LogP contribution in [0.5, 0.6) is 0 Å². The highest BCUT2D eigenvalue weighted by molar-refractivity contribution is 6.09. The molecule has 2 aliphatic carbocycles. The molecule has 1 saturated carbocycles. The fourth-order valence-corrected chi connectivity index (χ4v) is 6.26. The van der Waals surface area contributed by atoms with Crippen LogP contribution in [0.25, 0.3) is 33.2 Å². The standard InChI is InChI=1S/C27H28NO/c1-17-10-11-20-19-8-4-5-9-23(19)29-26(20)24(17)25-22-15-27(12-6-7-13-27)14-21(22)18(2)16-28(25)3/h4-5,8-11,16H,6-7,12-15H2,1-3H3/q+1. The van der Waals surface area contributed by atoms with Crippen LogP contribution in [-0.4, -0.2) is 0 Å². The quantitative estimate of drug-likeness (QED) is 0.350. The Hall–Kier alpha value is -2.61. The Kier molecular flexibility index (Phi) is 3.54. The Labute approximate surface area is 172 Å². The van der Waals surface area contributed by atoms with Gasteiger partial charge in [-0.25, -0.2) is 4.57 Å². The van der Waals surface area contributed by atoms with Gasteiger partial charge in [0.1, 0.15) is 18.2 Å². The molecule has 0 bridgehead atoms. The van der Waals surface area contributed by atoms with Crippen LogP contribution >= 0.6 is 0 Å². The van der Waals surface area contributed by atoms with Gasteiger partial charge in [0.2, 0.25) is 5.69 Å². The first-order valence-electron chi connectivity index (χ1n) is 11.0. The molecule has 1 fully saturated rings. The average molecular weight is 383 g/mol. The van der Waals surface area contributed by atoms with Crippen molar-refractivity contribution in [1.82, 2.24) is 0 Å². The van der Waals surface area contributed by atoms with Crippen LogP contribution in [0.4, 0.5) is 0 Å². The molecular formula is C27H28NO+. The van der Waals surface area contributed by atoms with Gasteiger partial charge in [-0.15, -0.1) is 0 Å². The highest BCUT2D eigenvalue weighted by atomic mass is 16.3. The zero-order valence-corrected chi connectivity index (χ0v) is 17.6. The molecule has 2 heteroatoms. The highest BCUT2D eigenvalue weighted by Gasteiger charge is 2.44. The van der Waals surface area contributed by atoms with Crippen LogP contribution in [0.3, 0.4) is 0 Å². The molecule has 0 aliphatic heterocycles. The van der Waals surface area contributed by atoms with Crippen molar-refractivity contribution in [3.8, 4) is 11.3 Å². The summed E-state index contributed by atoms with van der Waals surface area (Å²) in [6.07, 6.45) is 10.4. The van der Waals surface area contributed by atoms with Crippen LogP contribution in [0.1, 0.15) is 47.9 Å². The number of aryl methyl sites for hydroxylation is 3. The summed E-state index contributed by atoms with van der Waals surface area (Å²) in [5.74, 6) is 0. The van der Waals surface area contributed by atoms with Gasteiger partial charge in [-0.05, 0) is 62.1 Å². The Morgan fingerprint density at radius 2 is 1.62 bits per heavy atom. The van der Waals surface area contributed by atoms with E-state index in [-0.39, 0.29) is 0 Å². The molecule has 146 valence electrons. The average Bonchev–Trinajstić information content (AvgIpc) is 3.41. The van der Waals surface area contributed by atoms with Crippen LogP contribution in [0.15, 0.2) is 47.0 Å². The van der Waals surface area contributed by atoms with Gasteiger partial charge in [-0.1, -0.05) is 43.2 Å². The van der Waals surface area contributed by atoms with E-state index in [0.29, 0.717) is 5.41 Å². The molecule has 0 saturated heterocycles. The zero-order valence-electron chi connectivity index (χ0n) is 17.6. The molecule has 4 aromatic rings. The Balaban J connectivity index is 1.67. The minimum Gasteiger partial charge on any atom is -0.455 e. The topological polar surface area (TPSA) is 17.0 Å². The van der Waals surface area contributed by atoms with Crippen LogP contribution < -0.4 is 4.57 Å². The van der Waals surface area contributed by atoms with E-state index >= 15 is 0 Å². The Morgan fingerprint density at radius 3 is 2.45 bits per heavy atom. The second kappa shape index (κ2) is 5.95. The summed E-state index contributed by atoms with van der Waals surface area (Å²) in [7, 11) is 2.21. The lowest BCUT2D eigenvalue weighted by molar-refractivity contribution is -0.661. The lowest BCUT2D eigenvalue weighted by atomic mass is 9.83. The predicted octanol–water partition coefficient (Wildman–Crippen LogP) is 6.35.